The highest BCUT2D eigenvalue weighted by Gasteiger charge is 2.32. The molecule has 4 nitrogen and oxygen atoms in total. The second-order valence-corrected chi connectivity index (χ2v) is 5.63. The first-order valence-corrected chi connectivity index (χ1v) is 7.13. The summed E-state index contributed by atoms with van der Waals surface area (Å²) in [6, 6.07) is 0.244. The average molecular weight is 256 g/mol. The van der Waals surface area contributed by atoms with E-state index in [1.165, 1.54) is 32.8 Å². The topological polar surface area (TPSA) is 55.6 Å². The highest BCUT2D eigenvalue weighted by Crippen LogP contribution is 2.26. The third kappa shape index (κ3) is 4.25. The summed E-state index contributed by atoms with van der Waals surface area (Å²) >= 11 is 0. The lowest BCUT2D eigenvalue weighted by Crippen LogP contribution is -2.51. The Bertz CT molecular complexity index is 250. The lowest BCUT2D eigenvalue weighted by atomic mass is 10.1. The Balaban J connectivity index is 2.69. The minimum atomic E-state index is -0.267. The molecule has 0 bridgehead atoms. The van der Waals surface area contributed by atoms with E-state index in [1.54, 1.807) is 0 Å². The average Bonchev–Trinajstić information content (AvgIpc) is 2.86. The standard InChI is InChI=1S/C14H28N2O2/c1-11(2)8-9-16(12-6-4-5-7-12)13(10-15)14(17)18-3/h11-13H,4-10,15H2,1-3H3. The molecule has 0 radical (unpaired) electrons. The molecule has 106 valence electrons. The molecule has 4 heteroatoms. The van der Waals surface area contributed by atoms with Crippen molar-refractivity contribution in [1.29, 1.82) is 0 Å². The molecule has 1 unspecified atom stereocenters. The predicted molar refractivity (Wildman–Crippen MR) is 73.3 cm³/mol. The maximum absolute atomic E-state index is 11.8. The summed E-state index contributed by atoms with van der Waals surface area (Å²) in [5, 5.41) is 0. The third-order valence-corrected chi connectivity index (χ3v) is 3.86. The predicted octanol–water partition coefficient (Wildman–Crippen LogP) is 1.78. The Morgan fingerprint density at radius 1 is 1.39 bits per heavy atom. The number of hydrogen-bond acceptors (Lipinski definition) is 4. The zero-order chi connectivity index (χ0) is 13.5. The smallest absolute Gasteiger partial charge is 0.324 e. The largest absolute Gasteiger partial charge is 0.468 e. The second kappa shape index (κ2) is 7.74. The van der Waals surface area contributed by atoms with Gasteiger partial charge in [0.2, 0.25) is 0 Å². The van der Waals surface area contributed by atoms with Crippen LogP contribution in [0.15, 0.2) is 0 Å². The lowest BCUT2D eigenvalue weighted by Gasteiger charge is -2.34. The van der Waals surface area contributed by atoms with Crippen LogP contribution in [0.1, 0.15) is 46.0 Å². The number of nitrogens with zero attached hydrogens (tertiary/aromatic N) is 1. The molecule has 0 aromatic heterocycles. The normalized spacial score (nSPS) is 18.6. The quantitative estimate of drug-likeness (QED) is 0.705. The van der Waals surface area contributed by atoms with Crippen LogP contribution in [-0.2, 0) is 9.53 Å². The Labute approximate surface area is 111 Å². The Kier molecular flexibility index (Phi) is 6.65. The maximum Gasteiger partial charge on any atom is 0.324 e. The van der Waals surface area contributed by atoms with Crippen molar-refractivity contribution in [1.82, 2.24) is 4.90 Å². The zero-order valence-electron chi connectivity index (χ0n) is 12.0. The van der Waals surface area contributed by atoms with Crippen LogP contribution >= 0.6 is 0 Å². The first-order chi connectivity index (χ1) is 8.60. The van der Waals surface area contributed by atoms with Crippen molar-refractivity contribution in [2.75, 3.05) is 20.2 Å². The Morgan fingerprint density at radius 2 is 2.00 bits per heavy atom. The molecular formula is C14H28N2O2. The minimum Gasteiger partial charge on any atom is -0.468 e. The number of nitrogens with two attached hydrogens (primary N) is 1. The summed E-state index contributed by atoms with van der Waals surface area (Å²) in [5.41, 5.74) is 5.78. The van der Waals surface area contributed by atoms with Crippen molar-refractivity contribution in [3.8, 4) is 0 Å². The van der Waals surface area contributed by atoms with Gasteiger partial charge in [-0.1, -0.05) is 26.7 Å². The fraction of sp³-hybridized carbons (Fsp3) is 0.929. The van der Waals surface area contributed by atoms with Crippen molar-refractivity contribution in [3.63, 3.8) is 0 Å². The summed E-state index contributed by atoms with van der Waals surface area (Å²) in [6.07, 6.45) is 6.00. The van der Waals surface area contributed by atoms with Gasteiger partial charge in [-0.25, -0.2) is 0 Å². The molecule has 0 aromatic rings. The van der Waals surface area contributed by atoms with Crippen molar-refractivity contribution >= 4 is 5.97 Å². The first kappa shape index (κ1) is 15.4. The SMILES string of the molecule is COC(=O)C(CN)N(CCC(C)C)C1CCCC1. The third-order valence-electron chi connectivity index (χ3n) is 3.86. The van der Waals surface area contributed by atoms with Gasteiger partial charge in [0.05, 0.1) is 7.11 Å². The van der Waals surface area contributed by atoms with Gasteiger partial charge in [-0.2, -0.15) is 0 Å². The molecule has 1 aliphatic rings. The van der Waals surface area contributed by atoms with E-state index in [0.29, 0.717) is 18.5 Å². The van der Waals surface area contributed by atoms with E-state index in [4.69, 9.17) is 10.5 Å². The molecule has 1 atom stereocenters. The van der Waals surface area contributed by atoms with Gasteiger partial charge in [-0.15, -0.1) is 0 Å². The number of carbonyl (C=O) groups excluding carboxylic acids is 1. The number of esters is 1. The van der Waals surface area contributed by atoms with E-state index in [-0.39, 0.29) is 12.0 Å². The summed E-state index contributed by atoms with van der Waals surface area (Å²) in [6.45, 7) is 5.71. The van der Waals surface area contributed by atoms with Crippen LogP contribution in [0, 0.1) is 5.92 Å². The van der Waals surface area contributed by atoms with Gasteiger partial charge in [0.25, 0.3) is 0 Å². The monoisotopic (exact) mass is 256 g/mol. The molecule has 2 N–H and O–H groups in total. The Hall–Kier alpha value is -0.610. The van der Waals surface area contributed by atoms with Gasteiger partial charge < -0.3 is 10.5 Å². The van der Waals surface area contributed by atoms with Crippen LogP contribution in [0.25, 0.3) is 0 Å². The molecule has 1 fully saturated rings. The number of carbonyl (C=O) groups is 1. The number of ether oxygens (including phenoxy) is 1. The highest BCUT2D eigenvalue weighted by atomic mass is 16.5. The molecule has 0 amide bonds. The molecule has 0 aromatic carbocycles. The van der Waals surface area contributed by atoms with E-state index in [9.17, 15) is 4.79 Å². The van der Waals surface area contributed by atoms with Crippen LogP contribution in [0.5, 0.6) is 0 Å². The van der Waals surface area contributed by atoms with Crippen LogP contribution in [0.3, 0.4) is 0 Å². The molecule has 18 heavy (non-hydrogen) atoms. The molecule has 0 heterocycles. The van der Waals surface area contributed by atoms with Gasteiger partial charge in [0, 0.05) is 12.6 Å². The van der Waals surface area contributed by atoms with E-state index in [0.717, 1.165) is 13.0 Å². The fourth-order valence-electron chi connectivity index (χ4n) is 2.74. The van der Waals surface area contributed by atoms with E-state index in [1.807, 2.05) is 0 Å². The van der Waals surface area contributed by atoms with Crippen LogP contribution in [-0.4, -0.2) is 43.2 Å². The molecule has 0 spiro atoms. The summed E-state index contributed by atoms with van der Waals surface area (Å²) in [5.74, 6) is 0.457. The zero-order valence-corrected chi connectivity index (χ0v) is 12.0. The molecule has 0 saturated heterocycles. The number of rotatable bonds is 7. The first-order valence-electron chi connectivity index (χ1n) is 7.13. The summed E-state index contributed by atoms with van der Waals surface area (Å²) < 4.78 is 4.89. The minimum absolute atomic E-state index is 0.187. The van der Waals surface area contributed by atoms with E-state index in [2.05, 4.69) is 18.7 Å². The van der Waals surface area contributed by atoms with Gasteiger partial charge in [-0.3, -0.25) is 9.69 Å². The second-order valence-electron chi connectivity index (χ2n) is 5.63. The molecule has 1 aliphatic carbocycles. The van der Waals surface area contributed by atoms with Crippen molar-refractivity contribution in [3.05, 3.63) is 0 Å². The van der Waals surface area contributed by atoms with Crippen molar-refractivity contribution < 1.29 is 9.53 Å². The summed E-state index contributed by atoms with van der Waals surface area (Å²) in [7, 11) is 1.44. The van der Waals surface area contributed by atoms with Crippen LogP contribution in [0.2, 0.25) is 0 Å². The van der Waals surface area contributed by atoms with Gasteiger partial charge in [0.15, 0.2) is 0 Å². The fourth-order valence-corrected chi connectivity index (χ4v) is 2.74. The van der Waals surface area contributed by atoms with Crippen molar-refractivity contribution in [2.24, 2.45) is 11.7 Å². The van der Waals surface area contributed by atoms with Gasteiger partial charge in [0.1, 0.15) is 6.04 Å². The molecular weight excluding hydrogens is 228 g/mol. The molecule has 1 rings (SSSR count). The van der Waals surface area contributed by atoms with E-state index >= 15 is 0 Å². The van der Waals surface area contributed by atoms with Crippen LogP contribution in [0.4, 0.5) is 0 Å². The van der Waals surface area contributed by atoms with Crippen LogP contribution < -0.4 is 5.73 Å². The lowest BCUT2D eigenvalue weighted by molar-refractivity contribution is -0.147. The van der Waals surface area contributed by atoms with Crippen molar-refractivity contribution in [2.45, 2.75) is 58.0 Å². The number of hydrogen-bond donors (Lipinski definition) is 1. The number of methoxy groups -OCH3 is 1. The molecule has 1 saturated carbocycles. The summed E-state index contributed by atoms with van der Waals surface area (Å²) in [4.78, 5) is 14.1. The highest BCUT2D eigenvalue weighted by molar-refractivity contribution is 5.76. The molecule has 0 aliphatic heterocycles. The van der Waals surface area contributed by atoms with E-state index < -0.39 is 0 Å². The maximum atomic E-state index is 11.8. The Morgan fingerprint density at radius 3 is 2.44 bits per heavy atom. The van der Waals surface area contributed by atoms with Gasteiger partial charge >= 0.3 is 5.97 Å². The van der Waals surface area contributed by atoms with Gasteiger partial charge in [-0.05, 0) is 31.7 Å².